The van der Waals surface area contributed by atoms with Crippen LogP contribution in [0.1, 0.15) is 17.3 Å². The molecule has 0 radical (unpaired) electrons. The predicted octanol–water partition coefficient (Wildman–Crippen LogP) is 4.96. The average Bonchev–Trinajstić information content (AvgIpc) is 2.88. The summed E-state index contributed by atoms with van der Waals surface area (Å²) in [5.41, 5.74) is 15.7. The molecule has 1 unspecified atom stereocenters. The molecular weight excluding hydrogens is 438 g/mol. The van der Waals surface area contributed by atoms with Crippen LogP contribution in [0.25, 0.3) is 11.1 Å². The van der Waals surface area contributed by atoms with Gasteiger partial charge in [-0.2, -0.15) is 4.99 Å². The highest BCUT2D eigenvalue weighted by Gasteiger charge is 2.21. The van der Waals surface area contributed by atoms with E-state index >= 15 is 0 Å². The first-order chi connectivity index (χ1) is 17.1. The lowest BCUT2D eigenvalue weighted by atomic mass is 10.0. The summed E-state index contributed by atoms with van der Waals surface area (Å²) in [6.07, 6.45) is -0.506. The van der Waals surface area contributed by atoms with Crippen molar-refractivity contribution in [1.82, 2.24) is 5.32 Å². The van der Waals surface area contributed by atoms with Crippen molar-refractivity contribution in [3.8, 4) is 28.4 Å². The maximum atomic E-state index is 6.25. The number of ether oxygens (including phenoxy) is 2. The van der Waals surface area contributed by atoms with Gasteiger partial charge in [0.05, 0.1) is 0 Å². The van der Waals surface area contributed by atoms with Crippen LogP contribution in [0, 0.1) is 0 Å². The van der Waals surface area contributed by atoms with Crippen LogP contribution in [-0.2, 0) is 6.61 Å². The summed E-state index contributed by atoms with van der Waals surface area (Å²) >= 11 is 0. The third-order valence-electron chi connectivity index (χ3n) is 5.50. The predicted molar refractivity (Wildman–Crippen MR) is 138 cm³/mol. The lowest BCUT2D eigenvalue weighted by Crippen LogP contribution is -2.40. The van der Waals surface area contributed by atoms with Crippen LogP contribution in [0.4, 0.5) is 0 Å². The van der Waals surface area contributed by atoms with Crippen molar-refractivity contribution in [2.45, 2.75) is 12.8 Å². The van der Waals surface area contributed by atoms with Crippen LogP contribution in [0.15, 0.2) is 113 Å². The molecule has 1 atom stereocenters. The Bertz CT molecular complexity index is 1350. The van der Waals surface area contributed by atoms with E-state index in [1.807, 2.05) is 103 Å². The van der Waals surface area contributed by atoms with E-state index in [0.29, 0.717) is 18.1 Å². The molecule has 1 aliphatic heterocycles. The molecule has 0 saturated carbocycles. The second-order valence-corrected chi connectivity index (χ2v) is 8.00. The summed E-state index contributed by atoms with van der Waals surface area (Å²) in [6.45, 7) is 0.522. The summed E-state index contributed by atoms with van der Waals surface area (Å²) < 4.78 is 12.2. The monoisotopic (exact) mass is 463 g/mol. The zero-order valence-corrected chi connectivity index (χ0v) is 19.0. The molecule has 5 rings (SSSR count). The molecule has 0 amide bonds. The van der Waals surface area contributed by atoms with Crippen LogP contribution in [-0.4, -0.2) is 11.9 Å². The highest BCUT2D eigenvalue weighted by molar-refractivity contribution is 5.95. The van der Waals surface area contributed by atoms with Crippen molar-refractivity contribution in [2.75, 3.05) is 0 Å². The van der Waals surface area contributed by atoms with Gasteiger partial charge in [0, 0.05) is 5.56 Å². The first-order valence-corrected chi connectivity index (χ1v) is 11.2. The van der Waals surface area contributed by atoms with Crippen LogP contribution >= 0.6 is 0 Å². The number of aliphatic imine (C=N–C) groups is 2. The maximum absolute atomic E-state index is 6.25. The average molecular weight is 464 g/mol. The molecule has 7 heteroatoms. The third kappa shape index (κ3) is 5.42. The van der Waals surface area contributed by atoms with Gasteiger partial charge in [-0.05, 0) is 47.0 Å². The Hall–Kier alpha value is -4.78. The number of nitrogens with two attached hydrogens (primary N) is 2. The zero-order valence-electron chi connectivity index (χ0n) is 19.0. The maximum Gasteiger partial charge on any atom is 0.220 e. The standard InChI is InChI=1S/C28H25N5O2/c29-27-31-26(32-28(30)33-27)24-16-13-21(17-25(24)35-23-9-5-2-6-10-23)20-11-14-22(15-12-20)34-18-19-7-3-1-4-8-19/h1-17,26H,18H2,(H5,29,30,31,32,33). The summed E-state index contributed by atoms with van der Waals surface area (Å²) in [4.78, 5) is 8.32. The van der Waals surface area contributed by atoms with Crippen molar-refractivity contribution in [3.63, 3.8) is 0 Å². The highest BCUT2D eigenvalue weighted by atomic mass is 16.5. The summed E-state index contributed by atoms with van der Waals surface area (Å²) in [6, 6.07) is 33.6. The number of guanidine groups is 2. The van der Waals surface area contributed by atoms with Gasteiger partial charge in [0.2, 0.25) is 5.96 Å². The van der Waals surface area contributed by atoms with E-state index in [9.17, 15) is 0 Å². The van der Waals surface area contributed by atoms with Gasteiger partial charge in [-0.1, -0.05) is 72.8 Å². The Morgan fingerprint density at radius 3 is 2.14 bits per heavy atom. The summed E-state index contributed by atoms with van der Waals surface area (Å²) in [5, 5.41) is 3.05. The summed E-state index contributed by atoms with van der Waals surface area (Å²) in [7, 11) is 0. The van der Waals surface area contributed by atoms with Crippen molar-refractivity contribution in [3.05, 3.63) is 114 Å². The van der Waals surface area contributed by atoms with E-state index in [1.54, 1.807) is 0 Å². The van der Waals surface area contributed by atoms with Crippen LogP contribution in [0.2, 0.25) is 0 Å². The van der Waals surface area contributed by atoms with E-state index in [2.05, 4.69) is 15.3 Å². The van der Waals surface area contributed by atoms with Crippen molar-refractivity contribution in [1.29, 1.82) is 0 Å². The largest absolute Gasteiger partial charge is 0.489 e. The van der Waals surface area contributed by atoms with Crippen molar-refractivity contribution < 1.29 is 9.47 Å². The molecule has 4 aromatic rings. The minimum absolute atomic E-state index is 0.118. The normalized spacial score (nSPS) is 14.9. The van der Waals surface area contributed by atoms with Gasteiger partial charge < -0.3 is 26.3 Å². The van der Waals surface area contributed by atoms with E-state index in [0.717, 1.165) is 28.0 Å². The smallest absolute Gasteiger partial charge is 0.220 e. The van der Waals surface area contributed by atoms with Gasteiger partial charge in [-0.25, -0.2) is 4.99 Å². The van der Waals surface area contributed by atoms with E-state index < -0.39 is 6.17 Å². The SMILES string of the molecule is NC1=NC(c2ccc(-c3ccc(OCc4ccccc4)cc3)cc2Oc2ccccc2)NC(N)=N1. The van der Waals surface area contributed by atoms with Crippen LogP contribution < -0.4 is 26.3 Å². The number of nitrogens with zero attached hydrogens (tertiary/aromatic N) is 2. The number of hydrogen-bond acceptors (Lipinski definition) is 7. The fourth-order valence-corrected chi connectivity index (χ4v) is 3.76. The molecular formula is C28H25N5O2. The zero-order chi connectivity index (χ0) is 24.0. The third-order valence-corrected chi connectivity index (χ3v) is 5.50. The molecule has 0 saturated heterocycles. The fourth-order valence-electron chi connectivity index (χ4n) is 3.76. The van der Waals surface area contributed by atoms with Crippen molar-refractivity contribution in [2.24, 2.45) is 21.5 Å². The molecule has 0 spiro atoms. The lowest BCUT2D eigenvalue weighted by molar-refractivity contribution is 0.306. The fraction of sp³-hybridized carbons (Fsp3) is 0.0714. The Balaban J connectivity index is 1.41. The molecule has 1 heterocycles. The molecule has 174 valence electrons. The Labute approximate surface area is 203 Å². The second kappa shape index (κ2) is 10.0. The van der Waals surface area contributed by atoms with Gasteiger partial charge in [0.1, 0.15) is 23.9 Å². The minimum atomic E-state index is -0.506. The molecule has 1 aliphatic rings. The molecule has 0 bridgehead atoms. The Morgan fingerprint density at radius 1 is 0.743 bits per heavy atom. The first-order valence-electron chi connectivity index (χ1n) is 11.2. The topological polar surface area (TPSA) is 107 Å². The van der Waals surface area contributed by atoms with Crippen LogP contribution in [0.5, 0.6) is 17.2 Å². The minimum Gasteiger partial charge on any atom is -0.489 e. The number of benzene rings is 4. The van der Waals surface area contributed by atoms with Gasteiger partial charge in [-0.15, -0.1) is 0 Å². The quantitative estimate of drug-likeness (QED) is 0.359. The molecule has 7 nitrogen and oxygen atoms in total. The number of rotatable bonds is 7. The Morgan fingerprint density at radius 2 is 1.43 bits per heavy atom. The molecule has 0 aliphatic carbocycles. The van der Waals surface area contributed by atoms with Crippen LogP contribution in [0.3, 0.4) is 0 Å². The molecule has 4 aromatic carbocycles. The number of para-hydroxylation sites is 1. The first kappa shape index (κ1) is 22.0. The number of nitrogens with one attached hydrogen (secondary N) is 1. The van der Waals surface area contributed by atoms with Gasteiger partial charge in [0.15, 0.2) is 12.1 Å². The van der Waals surface area contributed by atoms with Gasteiger partial charge >= 0.3 is 0 Å². The molecule has 0 fully saturated rings. The lowest BCUT2D eigenvalue weighted by Gasteiger charge is -2.22. The molecule has 0 aromatic heterocycles. The second-order valence-electron chi connectivity index (χ2n) is 8.00. The number of hydrogen-bond donors (Lipinski definition) is 3. The summed E-state index contributed by atoms with van der Waals surface area (Å²) in [5.74, 6) is 2.49. The van der Waals surface area contributed by atoms with E-state index in [1.165, 1.54) is 0 Å². The van der Waals surface area contributed by atoms with E-state index in [-0.39, 0.29) is 11.9 Å². The Kier molecular flexibility index (Phi) is 6.30. The van der Waals surface area contributed by atoms with Gasteiger partial charge in [-0.3, -0.25) is 0 Å². The highest BCUT2D eigenvalue weighted by Crippen LogP contribution is 2.35. The van der Waals surface area contributed by atoms with E-state index in [4.69, 9.17) is 20.9 Å². The van der Waals surface area contributed by atoms with Crippen molar-refractivity contribution >= 4 is 11.9 Å². The molecule has 35 heavy (non-hydrogen) atoms. The molecule has 5 N–H and O–H groups in total. The van der Waals surface area contributed by atoms with Gasteiger partial charge in [0.25, 0.3) is 0 Å².